The monoisotopic (exact) mass is 221 g/mol. The van der Waals surface area contributed by atoms with E-state index in [4.69, 9.17) is 14.3 Å². The maximum absolute atomic E-state index is 10.7. The summed E-state index contributed by atoms with van der Waals surface area (Å²) >= 11 is 0. The number of carbonyl (C=O) groups excluding carboxylic acids is 2. The maximum atomic E-state index is 10.7. The minimum atomic E-state index is -1.57. The van der Waals surface area contributed by atoms with Crippen LogP contribution in [0, 0.1) is 0 Å². The first-order valence-electron chi connectivity index (χ1n) is 4.01. The Morgan fingerprint density at radius 2 is 1.50 bits per heavy atom. The summed E-state index contributed by atoms with van der Waals surface area (Å²) in [5.74, 6) is -1.13. The zero-order valence-electron chi connectivity index (χ0n) is 8.99. The van der Waals surface area contributed by atoms with Crippen LogP contribution in [-0.2, 0) is 23.9 Å². The molecule has 0 radical (unpaired) electrons. The standard InChI is InChI=1S/C7H15NO5Si/c1-5(9)11-7(14,12-6(2)10)13-8(3)4/h1-4,14H3. The predicted molar refractivity (Wildman–Crippen MR) is 51.0 cm³/mol. The molecule has 0 aliphatic carbocycles. The van der Waals surface area contributed by atoms with Crippen LogP contribution in [0.1, 0.15) is 13.8 Å². The van der Waals surface area contributed by atoms with Crippen molar-refractivity contribution in [1.29, 1.82) is 0 Å². The third-order valence-corrected chi connectivity index (χ3v) is 1.60. The van der Waals surface area contributed by atoms with E-state index in [9.17, 15) is 9.59 Å². The molecule has 0 heterocycles. The average molecular weight is 221 g/mol. The first-order chi connectivity index (χ1) is 6.25. The summed E-state index contributed by atoms with van der Waals surface area (Å²) in [6.07, 6.45) is 0. The Kier molecular flexibility index (Phi) is 4.75. The lowest BCUT2D eigenvalue weighted by atomic mass is 10.8. The molecule has 82 valence electrons. The largest absolute Gasteiger partial charge is 0.402 e. The van der Waals surface area contributed by atoms with Crippen LogP contribution in [0.5, 0.6) is 0 Å². The molecule has 0 amide bonds. The van der Waals surface area contributed by atoms with Gasteiger partial charge >= 0.3 is 17.5 Å². The summed E-state index contributed by atoms with van der Waals surface area (Å²) in [4.78, 5) is 26.5. The van der Waals surface area contributed by atoms with E-state index in [-0.39, 0.29) is 10.2 Å². The van der Waals surface area contributed by atoms with Crippen molar-refractivity contribution in [2.75, 3.05) is 14.1 Å². The zero-order valence-corrected chi connectivity index (χ0v) is 11.0. The number of carbonyl (C=O) groups is 2. The second-order valence-electron chi connectivity index (χ2n) is 2.95. The summed E-state index contributed by atoms with van der Waals surface area (Å²) in [6, 6.07) is 0. The third-order valence-electron chi connectivity index (χ3n) is 1.01. The van der Waals surface area contributed by atoms with Crippen molar-refractivity contribution in [3.05, 3.63) is 0 Å². The Morgan fingerprint density at radius 1 is 1.14 bits per heavy atom. The van der Waals surface area contributed by atoms with Crippen molar-refractivity contribution < 1.29 is 23.9 Å². The molecule has 0 aliphatic heterocycles. The molecule has 7 heteroatoms. The summed E-state index contributed by atoms with van der Waals surface area (Å²) in [7, 11) is 3.41. The minimum Gasteiger partial charge on any atom is -0.402 e. The molecule has 0 unspecified atom stereocenters. The molecule has 0 aromatic rings. The molecule has 0 aromatic heterocycles. The second kappa shape index (κ2) is 5.08. The van der Waals surface area contributed by atoms with Crippen LogP contribution < -0.4 is 0 Å². The molecular weight excluding hydrogens is 206 g/mol. The van der Waals surface area contributed by atoms with E-state index in [0.717, 1.165) is 0 Å². The van der Waals surface area contributed by atoms with E-state index >= 15 is 0 Å². The van der Waals surface area contributed by atoms with Crippen molar-refractivity contribution in [3.8, 4) is 0 Å². The van der Waals surface area contributed by atoms with E-state index in [1.165, 1.54) is 18.9 Å². The smallest absolute Gasteiger partial charge is 0.347 e. The lowest BCUT2D eigenvalue weighted by Crippen LogP contribution is -2.46. The molecule has 14 heavy (non-hydrogen) atoms. The first-order valence-corrected chi connectivity index (χ1v) is 5.01. The molecule has 0 bridgehead atoms. The Balaban J connectivity index is 4.48. The molecule has 0 rings (SSSR count). The fourth-order valence-electron chi connectivity index (χ4n) is 0.912. The van der Waals surface area contributed by atoms with Crippen LogP contribution in [0.15, 0.2) is 0 Å². The molecule has 0 saturated heterocycles. The highest BCUT2D eigenvalue weighted by atomic mass is 28.1. The zero-order chi connectivity index (χ0) is 11.4. The average Bonchev–Trinajstić information content (AvgIpc) is 1.76. The van der Waals surface area contributed by atoms with Crippen LogP contribution in [0.4, 0.5) is 0 Å². The maximum Gasteiger partial charge on any atom is 0.347 e. The molecule has 0 saturated carbocycles. The van der Waals surface area contributed by atoms with E-state index in [0.29, 0.717) is 0 Å². The number of rotatable bonds is 4. The van der Waals surface area contributed by atoms with E-state index in [1.807, 2.05) is 0 Å². The Labute approximate surface area is 85.5 Å². The number of hydroxylamine groups is 2. The van der Waals surface area contributed by atoms with E-state index < -0.39 is 17.5 Å². The van der Waals surface area contributed by atoms with Crippen molar-refractivity contribution in [3.63, 3.8) is 0 Å². The Morgan fingerprint density at radius 3 is 1.71 bits per heavy atom. The molecule has 0 N–H and O–H groups in total. The Hall–Kier alpha value is -0.923. The van der Waals surface area contributed by atoms with Gasteiger partial charge in [0.2, 0.25) is 0 Å². The van der Waals surface area contributed by atoms with Gasteiger partial charge in [0.1, 0.15) is 0 Å². The van der Waals surface area contributed by atoms with Gasteiger partial charge in [-0.1, -0.05) is 0 Å². The summed E-state index contributed by atoms with van der Waals surface area (Å²) in [5.41, 5.74) is -1.57. The van der Waals surface area contributed by atoms with Gasteiger partial charge in [-0.3, -0.25) is 9.59 Å². The normalized spacial score (nSPS) is 11.5. The van der Waals surface area contributed by atoms with Crippen molar-refractivity contribution >= 4 is 22.2 Å². The molecule has 0 fully saturated rings. The fraction of sp³-hybridized carbons (Fsp3) is 0.714. The quantitative estimate of drug-likeness (QED) is 0.251. The number of esters is 2. The number of hydrogen-bond acceptors (Lipinski definition) is 6. The van der Waals surface area contributed by atoms with Crippen LogP contribution >= 0.6 is 0 Å². The molecule has 0 spiro atoms. The summed E-state index contributed by atoms with van der Waals surface area (Å²) in [5, 5.41) is 1.30. The van der Waals surface area contributed by atoms with Crippen LogP contribution in [0.25, 0.3) is 0 Å². The molecule has 6 nitrogen and oxygen atoms in total. The van der Waals surface area contributed by atoms with Crippen molar-refractivity contribution in [1.82, 2.24) is 5.06 Å². The van der Waals surface area contributed by atoms with Gasteiger partial charge in [-0.15, -0.1) is 0 Å². The van der Waals surface area contributed by atoms with E-state index in [1.54, 1.807) is 14.1 Å². The molecule has 0 atom stereocenters. The first kappa shape index (κ1) is 13.1. The summed E-state index contributed by atoms with van der Waals surface area (Å²) in [6.45, 7) is 2.43. The number of hydrogen-bond donors (Lipinski definition) is 0. The SMILES string of the molecule is CC(=O)OC([SiH3])(OC(C)=O)ON(C)C. The van der Waals surface area contributed by atoms with Crippen LogP contribution in [-0.4, -0.2) is 46.9 Å². The highest BCUT2D eigenvalue weighted by molar-refractivity contribution is 6.13. The molecular formula is C7H15NO5Si. The van der Waals surface area contributed by atoms with Crippen LogP contribution in [0.2, 0.25) is 0 Å². The lowest BCUT2D eigenvalue weighted by Gasteiger charge is -2.30. The van der Waals surface area contributed by atoms with Gasteiger partial charge in [0.15, 0.2) is 10.2 Å². The van der Waals surface area contributed by atoms with Crippen molar-refractivity contribution in [2.24, 2.45) is 0 Å². The molecule has 0 aliphatic rings. The van der Waals surface area contributed by atoms with Gasteiger partial charge in [0.05, 0.1) is 0 Å². The van der Waals surface area contributed by atoms with Gasteiger partial charge in [-0.25, -0.2) is 4.84 Å². The highest BCUT2D eigenvalue weighted by Crippen LogP contribution is 2.12. The number of ether oxygens (including phenoxy) is 2. The minimum absolute atomic E-state index is 0.212. The predicted octanol–water partition coefficient (Wildman–Crippen LogP) is -1.42. The lowest BCUT2D eigenvalue weighted by molar-refractivity contribution is -0.363. The van der Waals surface area contributed by atoms with E-state index in [2.05, 4.69) is 0 Å². The fourth-order valence-corrected chi connectivity index (χ4v) is 1.85. The van der Waals surface area contributed by atoms with Crippen LogP contribution in [0.3, 0.4) is 0 Å². The van der Waals surface area contributed by atoms with Gasteiger partial charge in [0.25, 0.3) is 0 Å². The van der Waals surface area contributed by atoms with Gasteiger partial charge < -0.3 is 9.47 Å². The Bertz CT molecular complexity index is 214. The number of nitrogens with zero attached hydrogens (tertiary/aromatic N) is 1. The van der Waals surface area contributed by atoms with Gasteiger partial charge in [-0.2, -0.15) is 5.06 Å². The topological polar surface area (TPSA) is 65.1 Å². The highest BCUT2D eigenvalue weighted by Gasteiger charge is 2.33. The molecule has 0 aromatic carbocycles. The summed E-state index contributed by atoms with van der Waals surface area (Å²) < 4.78 is 9.55. The van der Waals surface area contributed by atoms with Gasteiger partial charge in [0, 0.05) is 27.9 Å². The second-order valence-corrected chi connectivity index (χ2v) is 4.18. The third kappa shape index (κ3) is 5.68. The van der Waals surface area contributed by atoms with Crippen molar-refractivity contribution in [2.45, 2.75) is 19.4 Å². The van der Waals surface area contributed by atoms with Gasteiger partial charge in [-0.05, 0) is 0 Å².